The summed E-state index contributed by atoms with van der Waals surface area (Å²) in [5.74, 6) is -0.338. The van der Waals surface area contributed by atoms with Crippen LogP contribution in [0, 0.1) is 0 Å². The maximum absolute atomic E-state index is 12.1. The standard InChI is InChI=1S/C13H15F3O3/c1-18-12(6-3-7-12)11(17)9-4-2-5-10(8-9)19-13(14,15)16/h2,4-5,8,11,17H,3,6-7H2,1H3. The SMILES string of the molecule is COC1(C(O)c2cccc(OC(F)(F)F)c2)CCC1. The van der Waals surface area contributed by atoms with E-state index in [1.54, 1.807) is 6.07 Å². The molecule has 1 atom stereocenters. The highest BCUT2D eigenvalue weighted by atomic mass is 19.4. The smallest absolute Gasteiger partial charge is 0.406 e. The molecule has 106 valence electrons. The molecule has 1 aromatic rings. The van der Waals surface area contributed by atoms with Crippen molar-refractivity contribution >= 4 is 0 Å². The Bertz CT molecular complexity index is 435. The summed E-state index contributed by atoms with van der Waals surface area (Å²) in [6, 6.07) is 5.37. The largest absolute Gasteiger partial charge is 0.573 e. The minimum atomic E-state index is -4.74. The Balaban J connectivity index is 2.18. The van der Waals surface area contributed by atoms with Crippen molar-refractivity contribution in [2.45, 2.75) is 37.3 Å². The van der Waals surface area contributed by atoms with Gasteiger partial charge in [-0.05, 0) is 37.0 Å². The summed E-state index contributed by atoms with van der Waals surface area (Å²) in [6.45, 7) is 0. The number of aliphatic hydroxyl groups is 1. The molecule has 0 spiro atoms. The Morgan fingerprint density at radius 3 is 2.47 bits per heavy atom. The zero-order valence-electron chi connectivity index (χ0n) is 10.4. The highest BCUT2D eigenvalue weighted by Crippen LogP contribution is 2.45. The molecule has 1 aliphatic rings. The van der Waals surface area contributed by atoms with E-state index in [1.165, 1.54) is 25.3 Å². The monoisotopic (exact) mass is 276 g/mol. The van der Waals surface area contributed by atoms with Gasteiger partial charge in [0.05, 0.1) is 5.60 Å². The third kappa shape index (κ3) is 3.01. The van der Waals surface area contributed by atoms with Crippen LogP contribution in [0.25, 0.3) is 0 Å². The van der Waals surface area contributed by atoms with E-state index in [1.807, 2.05) is 0 Å². The molecule has 1 aromatic carbocycles. The van der Waals surface area contributed by atoms with E-state index in [0.29, 0.717) is 18.4 Å². The fraction of sp³-hybridized carbons (Fsp3) is 0.538. The third-order valence-electron chi connectivity index (χ3n) is 3.51. The van der Waals surface area contributed by atoms with Crippen molar-refractivity contribution in [3.05, 3.63) is 29.8 Å². The molecule has 1 N–H and O–H groups in total. The Kier molecular flexibility index (Phi) is 3.73. The van der Waals surface area contributed by atoms with Crippen molar-refractivity contribution in [2.24, 2.45) is 0 Å². The zero-order valence-corrected chi connectivity index (χ0v) is 10.4. The van der Waals surface area contributed by atoms with Crippen molar-refractivity contribution < 1.29 is 27.8 Å². The van der Waals surface area contributed by atoms with Crippen molar-refractivity contribution in [2.75, 3.05) is 7.11 Å². The van der Waals surface area contributed by atoms with E-state index >= 15 is 0 Å². The van der Waals surface area contributed by atoms with E-state index in [0.717, 1.165) is 6.42 Å². The Morgan fingerprint density at radius 1 is 1.32 bits per heavy atom. The number of ether oxygens (including phenoxy) is 2. The number of methoxy groups -OCH3 is 1. The first-order valence-corrected chi connectivity index (χ1v) is 5.95. The van der Waals surface area contributed by atoms with Gasteiger partial charge in [0.15, 0.2) is 0 Å². The lowest BCUT2D eigenvalue weighted by Crippen LogP contribution is -2.45. The van der Waals surface area contributed by atoms with Crippen LogP contribution < -0.4 is 4.74 Å². The van der Waals surface area contributed by atoms with Crippen LogP contribution in [-0.2, 0) is 4.74 Å². The number of hydrogen-bond acceptors (Lipinski definition) is 3. The second-order valence-corrected chi connectivity index (χ2v) is 4.65. The van der Waals surface area contributed by atoms with Crippen molar-refractivity contribution in [3.63, 3.8) is 0 Å². The number of benzene rings is 1. The predicted octanol–water partition coefficient (Wildman–Crippen LogP) is 3.19. The van der Waals surface area contributed by atoms with Crippen molar-refractivity contribution in [3.8, 4) is 5.75 Å². The minimum absolute atomic E-state index is 0.338. The van der Waals surface area contributed by atoms with Gasteiger partial charge in [-0.3, -0.25) is 0 Å². The maximum Gasteiger partial charge on any atom is 0.573 e. The van der Waals surface area contributed by atoms with E-state index in [4.69, 9.17) is 4.74 Å². The van der Waals surface area contributed by atoms with Gasteiger partial charge in [0.1, 0.15) is 11.9 Å². The van der Waals surface area contributed by atoms with Crippen LogP contribution >= 0.6 is 0 Å². The van der Waals surface area contributed by atoms with Crippen molar-refractivity contribution in [1.82, 2.24) is 0 Å². The molecule has 0 aliphatic heterocycles. The van der Waals surface area contributed by atoms with Crippen LogP contribution in [0.1, 0.15) is 30.9 Å². The number of aliphatic hydroxyl groups excluding tert-OH is 1. The van der Waals surface area contributed by atoms with Crippen LogP contribution in [0.2, 0.25) is 0 Å². The van der Waals surface area contributed by atoms with E-state index in [2.05, 4.69) is 4.74 Å². The second kappa shape index (κ2) is 5.02. The van der Waals surface area contributed by atoms with Crippen LogP contribution in [0.4, 0.5) is 13.2 Å². The average Bonchev–Trinajstić information content (AvgIpc) is 2.26. The van der Waals surface area contributed by atoms with E-state index < -0.39 is 18.1 Å². The molecule has 1 saturated carbocycles. The predicted molar refractivity (Wildman–Crippen MR) is 61.7 cm³/mol. The molecule has 0 heterocycles. The molecule has 6 heteroatoms. The molecule has 2 rings (SSSR count). The first-order valence-electron chi connectivity index (χ1n) is 5.95. The third-order valence-corrected chi connectivity index (χ3v) is 3.51. The van der Waals surface area contributed by atoms with E-state index in [-0.39, 0.29) is 5.75 Å². The highest BCUT2D eigenvalue weighted by Gasteiger charge is 2.44. The fourth-order valence-corrected chi connectivity index (χ4v) is 2.30. The molecule has 1 aliphatic carbocycles. The summed E-state index contributed by atoms with van der Waals surface area (Å²) >= 11 is 0. The van der Waals surface area contributed by atoms with Crippen LogP contribution in [0.3, 0.4) is 0 Å². The van der Waals surface area contributed by atoms with Gasteiger partial charge in [0.2, 0.25) is 0 Å². The first-order chi connectivity index (χ1) is 8.86. The summed E-state index contributed by atoms with van der Waals surface area (Å²) in [5.41, 5.74) is -0.320. The zero-order chi connectivity index (χ0) is 14.1. The number of hydrogen-bond donors (Lipinski definition) is 1. The molecule has 0 aromatic heterocycles. The Morgan fingerprint density at radius 2 is 2.00 bits per heavy atom. The summed E-state index contributed by atoms with van der Waals surface area (Å²) in [7, 11) is 1.50. The number of alkyl halides is 3. The fourth-order valence-electron chi connectivity index (χ4n) is 2.30. The van der Waals surface area contributed by atoms with Gasteiger partial charge in [-0.25, -0.2) is 0 Å². The van der Waals surface area contributed by atoms with Gasteiger partial charge in [-0.1, -0.05) is 12.1 Å². The summed E-state index contributed by atoms with van der Waals surface area (Å²) < 4.78 is 45.6. The second-order valence-electron chi connectivity index (χ2n) is 4.65. The van der Waals surface area contributed by atoms with Gasteiger partial charge < -0.3 is 14.6 Å². The van der Waals surface area contributed by atoms with Gasteiger partial charge >= 0.3 is 6.36 Å². The quantitative estimate of drug-likeness (QED) is 0.918. The topological polar surface area (TPSA) is 38.7 Å². The Hall–Kier alpha value is -1.27. The van der Waals surface area contributed by atoms with Crippen molar-refractivity contribution in [1.29, 1.82) is 0 Å². The number of rotatable bonds is 4. The highest BCUT2D eigenvalue weighted by molar-refractivity contribution is 5.32. The maximum atomic E-state index is 12.1. The Labute approximate surface area is 108 Å². The lowest BCUT2D eigenvalue weighted by molar-refractivity contribution is -0.274. The number of halogens is 3. The summed E-state index contributed by atoms with van der Waals surface area (Å²) in [4.78, 5) is 0. The summed E-state index contributed by atoms with van der Waals surface area (Å²) in [6.07, 6.45) is -3.38. The molecule has 0 saturated heterocycles. The first kappa shape index (κ1) is 14.1. The van der Waals surface area contributed by atoms with Crippen LogP contribution in [0.5, 0.6) is 5.75 Å². The van der Waals surface area contributed by atoms with Gasteiger partial charge in [-0.15, -0.1) is 13.2 Å². The molecule has 1 fully saturated rings. The minimum Gasteiger partial charge on any atom is -0.406 e. The van der Waals surface area contributed by atoms with Gasteiger partial charge in [0.25, 0.3) is 0 Å². The average molecular weight is 276 g/mol. The molecule has 0 bridgehead atoms. The molecule has 19 heavy (non-hydrogen) atoms. The normalized spacial score (nSPS) is 19.6. The lowest BCUT2D eigenvalue weighted by atomic mass is 9.73. The molecular formula is C13H15F3O3. The van der Waals surface area contributed by atoms with Gasteiger partial charge in [0, 0.05) is 7.11 Å². The van der Waals surface area contributed by atoms with Crippen LogP contribution in [0.15, 0.2) is 24.3 Å². The summed E-state index contributed by atoms with van der Waals surface area (Å²) in [5, 5.41) is 10.3. The van der Waals surface area contributed by atoms with E-state index in [9.17, 15) is 18.3 Å². The van der Waals surface area contributed by atoms with Crippen LogP contribution in [-0.4, -0.2) is 24.2 Å². The van der Waals surface area contributed by atoms with Gasteiger partial charge in [-0.2, -0.15) is 0 Å². The lowest BCUT2D eigenvalue weighted by Gasteiger charge is -2.44. The molecular weight excluding hydrogens is 261 g/mol. The molecule has 3 nitrogen and oxygen atoms in total. The molecule has 0 radical (unpaired) electrons. The molecule has 1 unspecified atom stereocenters. The molecule has 0 amide bonds.